The van der Waals surface area contributed by atoms with Crippen LogP contribution in [0.15, 0.2) is 71.0 Å². The fourth-order valence-electron chi connectivity index (χ4n) is 2.59. The first kappa shape index (κ1) is 21.7. The van der Waals surface area contributed by atoms with Gasteiger partial charge < -0.3 is 4.18 Å². The summed E-state index contributed by atoms with van der Waals surface area (Å²) in [5.74, 6) is -0.411. The number of amides is 1. The molecule has 0 N–H and O–H groups in total. The Hall–Kier alpha value is -3.02. The number of carbonyl (C=O) groups is 1. The maximum absolute atomic E-state index is 12.7. The molecule has 1 heterocycles. The highest BCUT2D eigenvalue weighted by atomic mass is 32.2. The number of nitro benzene ring substituents is 1. The van der Waals surface area contributed by atoms with Gasteiger partial charge in [-0.3, -0.25) is 19.8 Å². The second kappa shape index (κ2) is 8.78. The van der Waals surface area contributed by atoms with Crippen molar-refractivity contribution in [3.05, 3.63) is 81.8 Å². The van der Waals surface area contributed by atoms with Crippen molar-refractivity contribution in [1.29, 1.82) is 0 Å². The van der Waals surface area contributed by atoms with Crippen LogP contribution in [0.2, 0.25) is 0 Å². The van der Waals surface area contributed by atoms with Gasteiger partial charge in [-0.15, -0.1) is 6.58 Å². The van der Waals surface area contributed by atoms with Gasteiger partial charge in [-0.1, -0.05) is 60.4 Å². The second-order valence-electron chi connectivity index (χ2n) is 5.88. The quantitative estimate of drug-likeness (QED) is 0.153. The molecule has 0 bridgehead atoms. The lowest BCUT2D eigenvalue weighted by Crippen LogP contribution is -2.27. The average molecular weight is 463 g/mol. The third-order valence-corrected chi connectivity index (χ3v) is 6.58. The molecule has 0 aromatic heterocycles. The molecule has 0 spiro atoms. The smallest absolute Gasteiger partial charge is 0.346 e. The lowest BCUT2D eigenvalue weighted by atomic mass is 10.2. The summed E-state index contributed by atoms with van der Waals surface area (Å²) in [6.45, 7) is 3.84. The molecule has 1 fully saturated rings. The van der Waals surface area contributed by atoms with Crippen molar-refractivity contribution in [2.24, 2.45) is 0 Å². The molecule has 0 unspecified atom stereocenters. The third kappa shape index (κ3) is 4.42. The van der Waals surface area contributed by atoms with Gasteiger partial charge in [0.25, 0.3) is 11.6 Å². The molecule has 1 aliphatic rings. The average Bonchev–Trinajstić information content (AvgIpc) is 2.97. The zero-order chi connectivity index (χ0) is 21.9. The Bertz CT molecular complexity index is 1190. The maximum Gasteiger partial charge on any atom is 0.346 e. The molecule has 1 amide bonds. The fourth-order valence-corrected chi connectivity index (χ4v) is 4.97. The molecule has 1 aliphatic heterocycles. The van der Waals surface area contributed by atoms with E-state index in [4.69, 9.17) is 16.4 Å². The predicted molar refractivity (Wildman–Crippen MR) is 117 cm³/mol. The SMILES string of the molecule is C=CCN1C(=O)/C(=C/c2ccccc2OS(=O)(=O)c2ccccc2[N+](=O)[O-])SC1=S. The van der Waals surface area contributed by atoms with Crippen LogP contribution in [-0.4, -0.2) is 35.0 Å². The molecular formula is C19H14N2O6S3. The Morgan fingerprint density at radius 3 is 2.57 bits per heavy atom. The summed E-state index contributed by atoms with van der Waals surface area (Å²) in [4.78, 5) is 24.0. The molecule has 0 radical (unpaired) electrons. The van der Waals surface area contributed by atoms with Crippen LogP contribution in [0.25, 0.3) is 6.08 Å². The van der Waals surface area contributed by atoms with Crippen LogP contribution in [-0.2, 0) is 14.9 Å². The number of nitro groups is 1. The number of para-hydroxylation sites is 2. The highest BCUT2D eigenvalue weighted by Gasteiger charge is 2.32. The molecule has 2 aromatic rings. The van der Waals surface area contributed by atoms with E-state index in [0.29, 0.717) is 14.8 Å². The van der Waals surface area contributed by atoms with Crippen LogP contribution >= 0.6 is 24.0 Å². The Balaban J connectivity index is 1.98. The van der Waals surface area contributed by atoms with Gasteiger partial charge in [0.05, 0.1) is 9.83 Å². The van der Waals surface area contributed by atoms with Crippen molar-refractivity contribution in [2.45, 2.75) is 4.90 Å². The van der Waals surface area contributed by atoms with Crippen LogP contribution in [0.3, 0.4) is 0 Å². The Morgan fingerprint density at radius 1 is 1.20 bits per heavy atom. The minimum atomic E-state index is -4.50. The van der Waals surface area contributed by atoms with Gasteiger partial charge >= 0.3 is 10.1 Å². The molecule has 1 saturated heterocycles. The zero-order valence-corrected chi connectivity index (χ0v) is 17.7. The van der Waals surface area contributed by atoms with Crippen molar-refractivity contribution in [2.75, 3.05) is 6.54 Å². The van der Waals surface area contributed by atoms with Gasteiger partial charge in [-0.05, 0) is 18.2 Å². The lowest BCUT2D eigenvalue weighted by Gasteiger charge is -2.11. The van der Waals surface area contributed by atoms with Crippen LogP contribution in [0.1, 0.15) is 5.56 Å². The van der Waals surface area contributed by atoms with E-state index in [9.17, 15) is 23.3 Å². The van der Waals surface area contributed by atoms with Gasteiger partial charge in [-0.25, -0.2) is 0 Å². The van der Waals surface area contributed by atoms with E-state index in [-0.39, 0.29) is 18.2 Å². The second-order valence-corrected chi connectivity index (χ2v) is 9.07. The molecule has 30 heavy (non-hydrogen) atoms. The van der Waals surface area contributed by atoms with E-state index in [1.807, 2.05) is 0 Å². The molecule has 0 atom stereocenters. The molecular weight excluding hydrogens is 448 g/mol. The summed E-state index contributed by atoms with van der Waals surface area (Å²) >= 11 is 6.26. The number of rotatable bonds is 7. The van der Waals surface area contributed by atoms with E-state index in [1.54, 1.807) is 24.3 Å². The fraction of sp³-hybridized carbons (Fsp3) is 0.0526. The maximum atomic E-state index is 12.7. The first-order chi connectivity index (χ1) is 14.2. The lowest BCUT2D eigenvalue weighted by molar-refractivity contribution is -0.387. The van der Waals surface area contributed by atoms with Gasteiger partial charge in [0.1, 0.15) is 10.1 Å². The highest BCUT2D eigenvalue weighted by Crippen LogP contribution is 2.35. The molecule has 8 nitrogen and oxygen atoms in total. The number of benzene rings is 2. The number of nitrogens with zero attached hydrogens (tertiary/aromatic N) is 2. The monoisotopic (exact) mass is 462 g/mol. The molecule has 154 valence electrons. The largest absolute Gasteiger partial charge is 0.378 e. The van der Waals surface area contributed by atoms with Crippen molar-refractivity contribution in [1.82, 2.24) is 4.90 Å². The van der Waals surface area contributed by atoms with E-state index < -0.39 is 25.6 Å². The summed E-state index contributed by atoms with van der Waals surface area (Å²) < 4.78 is 31.0. The molecule has 0 aliphatic carbocycles. The van der Waals surface area contributed by atoms with E-state index in [0.717, 1.165) is 23.9 Å². The van der Waals surface area contributed by atoms with E-state index in [2.05, 4.69) is 6.58 Å². The topological polar surface area (TPSA) is 107 Å². The Labute approximate surface area is 182 Å². The Morgan fingerprint density at radius 2 is 1.87 bits per heavy atom. The van der Waals surface area contributed by atoms with Crippen molar-refractivity contribution >= 4 is 56.1 Å². The molecule has 2 aromatic carbocycles. The summed E-state index contributed by atoms with van der Waals surface area (Å²) in [7, 11) is -4.50. The van der Waals surface area contributed by atoms with Crippen LogP contribution in [0.4, 0.5) is 5.69 Å². The highest BCUT2D eigenvalue weighted by molar-refractivity contribution is 8.26. The van der Waals surface area contributed by atoms with Crippen LogP contribution < -0.4 is 4.18 Å². The standard InChI is InChI=1S/C19H14N2O6S3/c1-2-11-20-18(22)16(29-19(20)28)12-13-7-3-5-9-15(13)27-30(25,26)17-10-6-4-8-14(17)21(23)24/h2-10,12H,1,11H2/b16-12-. The van der Waals surface area contributed by atoms with Gasteiger partial charge in [0.2, 0.25) is 0 Å². The summed E-state index contributed by atoms with van der Waals surface area (Å²) in [6.07, 6.45) is 3.01. The summed E-state index contributed by atoms with van der Waals surface area (Å²) in [5, 5.41) is 11.2. The van der Waals surface area contributed by atoms with Crippen molar-refractivity contribution in [3.63, 3.8) is 0 Å². The Kier molecular flexibility index (Phi) is 6.34. The zero-order valence-electron chi connectivity index (χ0n) is 15.3. The number of hydrogen-bond acceptors (Lipinski definition) is 8. The summed E-state index contributed by atoms with van der Waals surface area (Å²) in [5.41, 5.74) is -0.293. The van der Waals surface area contributed by atoms with Gasteiger partial charge in [0.15, 0.2) is 4.90 Å². The molecule has 0 saturated carbocycles. The molecule has 11 heteroatoms. The first-order valence-electron chi connectivity index (χ1n) is 8.38. The first-order valence-corrected chi connectivity index (χ1v) is 11.0. The normalized spacial score (nSPS) is 15.5. The number of thioether (sulfide) groups is 1. The third-order valence-electron chi connectivity index (χ3n) is 3.92. The summed E-state index contributed by atoms with van der Waals surface area (Å²) in [6, 6.07) is 11.0. The predicted octanol–water partition coefficient (Wildman–Crippen LogP) is 3.75. The van der Waals surface area contributed by atoms with Crippen molar-refractivity contribution < 1.29 is 22.3 Å². The van der Waals surface area contributed by atoms with Crippen molar-refractivity contribution in [3.8, 4) is 5.75 Å². The minimum absolute atomic E-state index is 0.0790. The van der Waals surface area contributed by atoms with Gasteiger partial charge in [0, 0.05) is 18.2 Å². The van der Waals surface area contributed by atoms with Gasteiger partial charge in [-0.2, -0.15) is 8.42 Å². The number of carbonyl (C=O) groups excluding carboxylic acids is 1. The van der Waals surface area contributed by atoms with E-state index in [1.165, 1.54) is 29.2 Å². The minimum Gasteiger partial charge on any atom is -0.378 e. The van der Waals surface area contributed by atoms with Crippen LogP contribution in [0.5, 0.6) is 5.75 Å². The molecule has 3 rings (SSSR count). The number of hydrogen-bond donors (Lipinski definition) is 0. The number of thiocarbonyl (C=S) groups is 1. The van der Waals surface area contributed by atoms with Crippen LogP contribution in [0, 0.1) is 10.1 Å². The van der Waals surface area contributed by atoms with E-state index >= 15 is 0 Å².